The predicted octanol–water partition coefficient (Wildman–Crippen LogP) is 5.60. The number of anilines is 1. The molecule has 8 nitrogen and oxygen atoms in total. The molecule has 0 unspecified atom stereocenters. The summed E-state index contributed by atoms with van der Waals surface area (Å²) in [6.07, 6.45) is 0. The van der Waals surface area contributed by atoms with Crippen LogP contribution >= 0.6 is 0 Å². The van der Waals surface area contributed by atoms with Gasteiger partial charge in [0.1, 0.15) is 31.0 Å². The Morgan fingerprint density at radius 3 is 2.30 bits per heavy atom. The summed E-state index contributed by atoms with van der Waals surface area (Å²) in [5.41, 5.74) is 4.16. The number of likely N-dealkylation sites (N-methyl/N-ethyl adjacent to an activating group) is 1. The van der Waals surface area contributed by atoms with Gasteiger partial charge < -0.3 is 14.1 Å². The van der Waals surface area contributed by atoms with Gasteiger partial charge >= 0.3 is 5.97 Å². The van der Waals surface area contributed by atoms with Crippen LogP contribution in [0.1, 0.15) is 34.6 Å². The summed E-state index contributed by atoms with van der Waals surface area (Å²) in [5.74, 6) is 0.126. The van der Waals surface area contributed by atoms with Crippen molar-refractivity contribution in [3.05, 3.63) is 78.2 Å². The monoisotopic (exact) mass is 604 g/mol. The van der Waals surface area contributed by atoms with Crippen molar-refractivity contribution in [3.63, 3.8) is 0 Å². The number of ether oxygens (including phenoxy) is 1. The molecule has 4 rings (SSSR count). The standard InChI is InChI=1S/C34H42N3O5S/c1-8-36(9-2)25-16-18-27-30(22-25)42-31-23-26(37(10-3)11-4)17-19-28(31)33(27)29-14-12-13-15-32(29)43(39,40)35(7)20-21-41-34(38)24(5)6/h12-19,22-23H,5,8-11,20-21H2,1-4,6-7H3/q+1. The second kappa shape index (κ2) is 13.6. The van der Waals surface area contributed by atoms with Gasteiger partial charge in [0.25, 0.3) is 0 Å². The summed E-state index contributed by atoms with van der Waals surface area (Å²) in [5, 5.41) is 1.86. The maximum absolute atomic E-state index is 14.0. The minimum atomic E-state index is -3.96. The van der Waals surface area contributed by atoms with Gasteiger partial charge in [-0.05, 0) is 58.9 Å². The van der Waals surface area contributed by atoms with Crippen molar-refractivity contribution >= 4 is 32.6 Å². The molecule has 1 aliphatic carbocycles. The fourth-order valence-electron chi connectivity index (χ4n) is 5.30. The number of fused-ring (bicyclic) bond motifs is 2. The SMILES string of the molecule is C=C(C)C(=O)OCCN(C)S(=O)(=O)c1ccccc1-c1c2ccc(=[N+](CC)CC)cc-2oc2cc(N(CC)CC)ccc12. The maximum atomic E-state index is 14.0. The van der Waals surface area contributed by atoms with E-state index in [-0.39, 0.29) is 23.6 Å². The first kappa shape index (κ1) is 32.0. The van der Waals surface area contributed by atoms with E-state index in [0.29, 0.717) is 16.9 Å². The van der Waals surface area contributed by atoms with Gasteiger partial charge in [0.15, 0.2) is 0 Å². The summed E-state index contributed by atoms with van der Waals surface area (Å²) in [6.45, 7) is 16.9. The highest BCUT2D eigenvalue weighted by Crippen LogP contribution is 2.43. The van der Waals surface area contributed by atoms with Crippen molar-refractivity contribution in [2.45, 2.75) is 39.5 Å². The molecule has 0 saturated carbocycles. The molecule has 228 valence electrons. The normalized spacial score (nSPS) is 11.7. The Bertz CT molecular complexity index is 1780. The number of hydrogen-bond acceptors (Lipinski definition) is 6. The highest BCUT2D eigenvalue weighted by atomic mass is 32.2. The molecule has 2 aliphatic rings. The summed E-state index contributed by atoms with van der Waals surface area (Å²) in [7, 11) is -2.47. The highest BCUT2D eigenvalue weighted by molar-refractivity contribution is 7.89. The van der Waals surface area contributed by atoms with E-state index in [1.165, 1.54) is 11.4 Å². The molecule has 0 spiro atoms. The molecular formula is C34H42N3O5S+. The molecule has 9 heteroatoms. The first-order valence-corrected chi connectivity index (χ1v) is 16.2. The van der Waals surface area contributed by atoms with Gasteiger partial charge in [-0.3, -0.25) is 0 Å². The van der Waals surface area contributed by atoms with Crippen LogP contribution in [0.2, 0.25) is 0 Å². The first-order chi connectivity index (χ1) is 20.6. The van der Waals surface area contributed by atoms with Crippen LogP contribution in [0.3, 0.4) is 0 Å². The molecule has 1 heterocycles. The summed E-state index contributed by atoms with van der Waals surface area (Å²) in [6, 6.07) is 19.3. The van der Waals surface area contributed by atoms with Crippen molar-refractivity contribution in [3.8, 4) is 22.5 Å². The number of carbonyl (C=O) groups excluding carboxylic acids is 1. The van der Waals surface area contributed by atoms with Crippen molar-refractivity contribution in [2.24, 2.45) is 0 Å². The first-order valence-electron chi connectivity index (χ1n) is 14.8. The van der Waals surface area contributed by atoms with Crippen LogP contribution in [0.15, 0.2) is 82.1 Å². The number of esters is 1. The number of nitrogens with zero attached hydrogens (tertiary/aromatic N) is 3. The Balaban J connectivity index is 1.96. The van der Waals surface area contributed by atoms with Gasteiger partial charge in [-0.15, -0.1) is 0 Å². The Labute approximate surface area is 254 Å². The fraction of sp³-hybridized carbons (Fsp3) is 0.353. The zero-order chi connectivity index (χ0) is 31.3. The van der Waals surface area contributed by atoms with E-state index >= 15 is 0 Å². The predicted molar refractivity (Wildman–Crippen MR) is 174 cm³/mol. The Morgan fingerprint density at radius 2 is 1.65 bits per heavy atom. The van der Waals surface area contributed by atoms with Crippen LogP contribution in [0, 0.1) is 0 Å². The van der Waals surface area contributed by atoms with Crippen molar-refractivity contribution in [1.82, 2.24) is 8.88 Å². The molecule has 0 aromatic heterocycles. The van der Waals surface area contributed by atoms with Crippen LogP contribution in [0.5, 0.6) is 0 Å². The Hall–Kier alpha value is -3.95. The number of hydrogen-bond donors (Lipinski definition) is 0. The highest BCUT2D eigenvalue weighted by Gasteiger charge is 2.28. The number of benzene rings is 3. The molecule has 2 aromatic carbocycles. The van der Waals surface area contributed by atoms with E-state index in [0.717, 1.165) is 53.7 Å². The largest absolute Gasteiger partial charge is 0.461 e. The smallest absolute Gasteiger partial charge is 0.333 e. The van der Waals surface area contributed by atoms with Crippen molar-refractivity contribution in [1.29, 1.82) is 0 Å². The molecule has 0 N–H and O–H groups in total. The summed E-state index contributed by atoms with van der Waals surface area (Å²) in [4.78, 5) is 14.3. The van der Waals surface area contributed by atoms with E-state index < -0.39 is 16.0 Å². The number of sulfonamides is 1. The lowest BCUT2D eigenvalue weighted by Crippen LogP contribution is -2.31. The summed E-state index contributed by atoms with van der Waals surface area (Å²) >= 11 is 0. The summed E-state index contributed by atoms with van der Waals surface area (Å²) < 4.78 is 43.2. The van der Waals surface area contributed by atoms with E-state index in [1.54, 1.807) is 19.1 Å². The number of rotatable bonds is 12. The quantitative estimate of drug-likeness (QED) is 0.0906. The zero-order valence-corrected chi connectivity index (χ0v) is 26.8. The van der Waals surface area contributed by atoms with Crippen LogP contribution in [-0.4, -0.2) is 65.1 Å². The Kier molecular flexibility index (Phi) is 10.1. The van der Waals surface area contributed by atoms with Gasteiger partial charge in [-0.1, -0.05) is 24.8 Å². The third kappa shape index (κ3) is 6.53. The maximum Gasteiger partial charge on any atom is 0.333 e. The van der Waals surface area contributed by atoms with Gasteiger partial charge in [0.05, 0.1) is 11.0 Å². The third-order valence-corrected chi connectivity index (χ3v) is 9.69. The molecule has 0 atom stereocenters. The molecule has 0 fully saturated rings. The minimum absolute atomic E-state index is 0.00175. The molecule has 0 amide bonds. The average molecular weight is 605 g/mol. The van der Waals surface area contributed by atoms with Gasteiger partial charge in [-0.2, -0.15) is 4.31 Å². The average Bonchev–Trinajstić information content (AvgIpc) is 3.00. The van der Waals surface area contributed by atoms with Crippen LogP contribution in [0.4, 0.5) is 5.69 Å². The molecule has 0 saturated heterocycles. The lowest BCUT2D eigenvalue weighted by atomic mass is 9.93. The second-order valence-corrected chi connectivity index (χ2v) is 12.4. The van der Waals surface area contributed by atoms with Crippen LogP contribution in [-0.2, 0) is 19.6 Å². The second-order valence-electron chi connectivity index (χ2n) is 10.4. The molecule has 0 radical (unpaired) electrons. The molecule has 1 aliphatic heterocycles. The molecular weight excluding hydrogens is 562 g/mol. The van der Waals surface area contributed by atoms with Crippen LogP contribution in [0.25, 0.3) is 33.4 Å². The van der Waals surface area contributed by atoms with Crippen molar-refractivity contribution < 1.29 is 22.4 Å². The topological polar surface area (TPSA) is 83.1 Å². The minimum Gasteiger partial charge on any atom is -0.461 e. The molecule has 43 heavy (non-hydrogen) atoms. The van der Waals surface area contributed by atoms with Crippen molar-refractivity contribution in [2.75, 3.05) is 51.3 Å². The zero-order valence-electron chi connectivity index (χ0n) is 26.0. The molecule has 2 aromatic rings. The Morgan fingerprint density at radius 1 is 0.953 bits per heavy atom. The molecule has 0 bridgehead atoms. The van der Waals surface area contributed by atoms with E-state index in [2.05, 4.69) is 55.9 Å². The van der Waals surface area contributed by atoms with Gasteiger partial charge in [-0.25, -0.2) is 17.8 Å². The fourth-order valence-corrected chi connectivity index (χ4v) is 6.65. The van der Waals surface area contributed by atoms with E-state index in [1.807, 2.05) is 36.4 Å². The lowest BCUT2D eigenvalue weighted by molar-refractivity contribution is -0.139. The van der Waals surface area contributed by atoms with E-state index in [9.17, 15) is 13.2 Å². The number of carbonyl (C=O) groups is 1. The van der Waals surface area contributed by atoms with Gasteiger partial charge in [0, 0.05) is 72.2 Å². The third-order valence-electron chi connectivity index (χ3n) is 7.78. The van der Waals surface area contributed by atoms with E-state index in [4.69, 9.17) is 9.15 Å². The lowest BCUT2D eigenvalue weighted by Gasteiger charge is -2.23. The van der Waals surface area contributed by atoms with Gasteiger partial charge in [0.2, 0.25) is 15.4 Å². The van der Waals surface area contributed by atoms with Crippen LogP contribution < -0.4 is 14.8 Å².